The number of benzene rings is 2. The summed E-state index contributed by atoms with van der Waals surface area (Å²) in [7, 11) is 1.45. The first-order valence-electron chi connectivity index (χ1n) is 9.04. The second-order valence-corrected chi connectivity index (χ2v) is 6.63. The maximum atomic E-state index is 14.0. The van der Waals surface area contributed by atoms with E-state index in [4.69, 9.17) is 4.74 Å². The van der Waals surface area contributed by atoms with Crippen LogP contribution in [0.4, 0.5) is 4.39 Å². The lowest BCUT2D eigenvalue weighted by molar-refractivity contribution is -0.127. The van der Waals surface area contributed by atoms with Gasteiger partial charge in [0.1, 0.15) is 6.04 Å². The molecule has 0 radical (unpaired) electrons. The van der Waals surface area contributed by atoms with Crippen molar-refractivity contribution in [2.45, 2.75) is 38.4 Å². The van der Waals surface area contributed by atoms with Crippen molar-refractivity contribution >= 4 is 5.91 Å². The van der Waals surface area contributed by atoms with Crippen molar-refractivity contribution in [3.63, 3.8) is 0 Å². The lowest BCUT2D eigenvalue weighted by Crippen LogP contribution is -2.41. The Bertz CT molecular complexity index is 747. The molecule has 1 atom stereocenters. The van der Waals surface area contributed by atoms with Crippen molar-refractivity contribution in [2.75, 3.05) is 13.7 Å². The fraction of sp³-hybridized carbons (Fsp3) is 0.381. The minimum absolute atomic E-state index is 0.00883. The average Bonchev–Trinajstić information content (AvgIpc) is 3.46. The first-order chi connectivity index (χ1) is 12.6. The summed E-state index contributed by atoms with van der Waals surface area (Å²) in [5.74, 6) is -0.155. The molecule has 1 amide bonds. The highest BCUT2D eigenvalue weighted by Gasteiger charge is 2.31. The van der Waals surface area contributed by atoms with E-state index >= 15 is 0 Å². The van der Waals surface area contributed by atoms with Crippen molar-refractivity contribution in [1.82, 2.24) is 10.2 Å². The third-order valence-electron chi connectivity index (χ3n) is 4.66. The Morgan fingerprint density at radius 3 is 2.58 bits per heavy atom. The van der Waals surface area contributed by atoms with Gasteiger partial charge < -0.3 is 10.1 Å². The molecule has 0 heterocycles. The Morgan fingerprint density at radius 2 is 2.00 bits per heavy atom. The van der Waals surface area contributed by atoms with Gasteiger partial charge in [0.25, 0.3) is 0 Å². The molecule has 0 saturated heterocycles. The summed E-state index contributed by atoms with van der Waals surface area (Å²) in [5, 5.41) is 3.11. The van der Waals surface area contributed by atoms with E-state index in [0.29, 0.717) is 19.1 Å². The third-order valence-corrected chi connectivity index (χ3v) is 4.66. The summed E-state index contributed by atoms with van der Waals surface area (Å²) in [4.78, 5) is 15.0. The van der Waals surface area contributed by atoms with Gasteiger partial charge >= 0.3 is 0 Å². The molecule has 1 aliphatic carbocycles. The highest BCUT2D eigenvalue weighted by atomic mass is 19.1. The lowest BCUT2D eigenvalue weighted by atomic mass is 10.0. The molecule has 1 fully saturated rings. The molecule has 0 unspecified atom stereocenters. The van der Waals surface area contributed by atoms with E-state index in [-0.39, 0.29) is 17.5 Å². The van der Waals surface area contributed by atoms with Crippen LogP contribution in [-0.2, 0) is 11.3 Å². The molecule has 0 bridgehead atoms. The Kier molecular flexibility index (Phi) is 5.89. The van der Waals surface area contributed by atoms with E-state index in [9.17, 15) is 9.18 Å². The van der Waals surface area contributed by atoms with E-state index in [1.54, 1.807) is 6.07 Å². The number of likely N-dealkylation sites (N-methyl/N-ethyl adjacent to an activating group) is 1. The minimum Gasteiger partial charge on any atom is -0.494 e. The predicted molar refractivity (Wildman–Crippen MR) is 99.4 cm³/mol. The van der Waals surface area contributed by atoms with E-state index in [1.807, 2.05) is 43.3 Å². The summed E-state index contributed by atoms with van der Waals surface area (Å²) in [5.41, 5.74) is 1.76. The minimum atomic E-state index is -0.396. The van der Waals surface area contributed by atoms with Crippen LogP contribution in [0.3, 0.4) is 0 Å². The van der Waals surface area contributed by atoms with Gasteiger partial charge in [-0.15, -0.1) is 0 Å². The van der Waals surface area contributed by atoms with E-state index in [1.165, 1.54) is 13.2 Å². The zero-order chi connectivity index (χ0) is 18.5. The largest absolute Gasteiger partial charge is 0.494 e. The Hall–Kier alpha value is -2.40. The predicted octanol–water partition coefficient (Wildman–Crippen LogP) is 3.68. The molecule has 1 aliphatic rings. The van der Waals surface area contributed by atoms with Gasteiger partial charge in [-0.3, -0.25) is 9.69 Å². The summed E-state index contributed by atoms with van der Waals surface area (Å²) in [6, 6.07) is 14.6. The maximum Gasteiger partial charge on any atom is 0.242 e. The zero-order valence-corrected chi connectivity index (χ0v) is 15.2. The topological polar surface area (TPSA) is 41.6 Å². The number of halogens is 1. The fourth-order valence-electron chi connectivity index (χ4n) is 3.10. The van der Waals surface area contributed by atoms with E-state index in [2.05, 4.69) is 10.2 Å². The van der Waals surface area contributed by atoms with Crippen LogP contribution in [0.1, 0.15) is 36.9 Å². The van der Waals surface area contributed by atoms with Gasteiger partial charge in [-0.1, -0.05) is 43.3 Å². The van der Waals surface area contributed by atoms with Crippen LogP contribution in [-0.4, -0.2) is 30.5 Å². The first-order valence-corrected chi connectivity index (χ1v) is 9.04. The molecule has 1 N–H and O–H groups in total. The molecule has 138 valence electrons. The third kappa shape index (κ3) is 4.41. The Labute approximate surface area is 154 Å². The maximum absolute atomic E-state index is 14.0. The molecule has 26 heavy (non-hydrogen) atoms. The molecule has 0 aromatic heterocycles. The number of hydrogen-bond acceptors (Lipinski definition) is 3. The lowest BCUT2D eigenvalue weighted by Gasteiger charge is -2.30. The van der Waals surface area contributed by atoms with Crippen molar-refractivity contribution in [1.29, 1.82) is 0 Å². The highest BCUT2D eigenvalue weighted by molar-refractivity contribution is 5.83. The molecule has 1 saturated carbocycles. The number of ether oxygens (including phenoxy) is 1. The number of methoxy groups -OCH3 is 1. The zero-order valence-electron chi connectivity index (χ0n) is 15.2. The number of rotatable bonds is 8. The normalized spacial score (nSPS) is 14.9. The fourth-order valence-corrected chi connectivity index (χ4v) is 3.10. The summed E-state index contributed by atoms with van der Waals surface area (Å²) < 4.78 is 19.0. The van der Waals surface area contributed by atoms with E-state index in [0.717, 1.165) is 24.0 Å². The first kappa shape index (κ1) is 18.4. The van der Waals surface area contributed by atoms with Crippen LogP contribution < -0.4 is 10.1 Å². The Morgan fingerprint density at radius 1 is 1.27 bits per heavy atom. The molecule has 2 aromatic carbocycles. The van der Waals surface area contributed by atoms with Crippen molar-refractivity contribution in [3.05, 3.63) is 65.5 Å². The van der Waals surface area contributed by atoms with Crippen LogP contribution in [0.2, 0.25) is 0 Å². The molecular formula is C21H25FN2O2. The van der Waals surface area contributed by atoms with Crippen LogP contribution in [0.5, 0.6) is 5.75 Å². The Balaban J connectivity index is 1.84. The van der Waals surface area contributed by atoms with Gasteiger partial charge in [0.15, 0.2) is 11.6 Å². The van der Waals surface area contributed by atoms with Gasteiger partial charge in [-0.2, -0.15) is 0 Å². The molecule has 0 aliphatic heterocycles. The van der Waals surface area contributed by atoms with Gasteiger partial charge in [-0.05, 0) is 42.6 Å². The second kappa shape index (κ2) is 8.32. The number of nitrogens with zero attached hydrogens (tertiary/aromatic N) is 1. The summed E-state index contributed by atoms with van der Waals surface area (Å²) in [6.45, 7) is 3.17. The highest BCUT2D eigenvalue weighted by Crippen LogP contribution is 2.27. The number of carbonyl (C=O) groups excluding carboxylic acids is 1. The van der Waals surface area contributed by atoms with Gasteiger partial charge in [0, 0.05) is 12.6 Å². The molecular weight excluding hydrogens is 331 g/mol. The number of nitrogens with one attached hydrogen (secondary N) is 1. The van der Waals surface area contributed by atoms with Crippen molar-refractivity contribution in [3.8, 4) is 5.75 Å². The second-order valence-electron chi connectivity index (χ2n) is 6.63. The number of amides is 1. The number of hydrogen-bond donors (Lipinski definition) is 1. The van der Waals surface area contributed by atoms with Crippen LogP contribution in [0, 0.1) is 5.82 Å². The van der Waals surface area contributed by atoms with E-state index < -0.39 is 6.04 Å². The quantitative estimate of drug-likeness (QED) is 0.785. The standard InChI is InChI=1S/C21H25FN2O2/c1-3-24(14-15-9-12-19(26-2)18(22)13-15)20(16-7-5-4-6-8-16)21(25)23-17-10-11-17/h4-9,12-13,17,20H,3,10-11,14H2,1-2H3,(H,23,25)/t20-/m0/s1. The van der Waals surface area contributed by atoms with Gasteiger partial charge in [0.2, 0.25) is 5.91 Å². The SMILES string of the molecule is CCN(Cc1ccc(OC)c(F)c1)[C@H](C(=O)NC1CC1)c1ccccc1. The monoisotopic (exact) mass is 356 g/mol. The number of carbonyl (C=O) groups is 1. The molecule has 5 heteroatoms. The smallest absolute Gasteiger partial charge is 0.242 e. The van der Waals surface area contributed by atoms with Gasteiger partial charge in [-0.25, -0.2) is 4.39 Å². The summed E-state index contributed by atoms with van der Waals surface area (Å²) >= 11 is 0. The van der Waals surface area contributed by atoms with Crippen LogP contribution >= 0.6 is 0 Å². The van der Waals surface area contributed by atoms with Gasteiger partial charge in [0.05, 0.1) is 7.11 Å². The molecule has 0 spiro atoms. The van der Waals surface area contributed by atoms with Crippen LogP contribution in [0.15, 0.2) is 48.5 Å². The molecule has 4 nitrogen and oxygen atoms in total. The van der Waals surface area contributed by atoms with Crippen molar-refractivity contribution < 1.29 is 13.9 Å². The van der Waals surface area contributed by atoms with Crippen LogP contribution in [0.25, 0.3) is 0 Å². The molecule has 3 rings (SSSR count). The summed E-state index contributed by atoms with van der Waals surface area (Å²) in [6.07, 6.45) is 2.09. The molecule has 2 aromatic rings. The average molecular weight is 356 g/mol. The van der Waals surface area contributed by atoms with Crippen molar-refractivity contribution in [2.24, 2.45) is 0 Å².